The van der Waals surface area contributed by atoms with Gasteiger partial charge in [0.15, 0.2) is 0 Å². The molecule has 0 atom stereocenters. The van der Waals surface area contributed by atoms with Crippen molar-refractivity contribution in [3.8, 4) is 0 Å². The Kier molecular flexibility index (Phi) is 2.86. The summed E-state index contributed by atoms with van der Waals surface area (Å²) in [6.45, 7) is 1.34. The highest BCUT2D eigenvalue weighted by Gasteiger charge is 2.28. The molecule has 0 aromatic heterocycles. The summed E-state index contributed by atoms with van der Waals surface area (Å²) in [4.78, 5) is 0. The quantitative estimate of drug-likeness (QED) is 0.530. The first-order valence-corrected chi connectivity index (χ1v) is 2.07. The van der Waals surface area contributed by atoms with Crippen molar-refractivity contribution in [2.24, 2.45) is 0 Å². The Labute approximate surface area is 46.4 Å². The van der Waals surface area contributed by atoms with Crippen LogP contribution in [0.3, 0.4) is 0 Å². The molecular formula is C4H7F2O2. The van der Waals surface area contributed by atoms with Gasteiger partial charge in [-0.2, -0.15) is 0 Å². The van der Waals surface area contributed by atoms with Crippen LogP contribution in [-0.2, 0) is 9.47 Å². The van der Waals surface area contributed by atoms with Gasteiger partial charge in [0.1, 0.15) is 0 Å². The predicted octanol–water partition coefficient (Wildman–Crippen LogP) is 1.38. The van der Waals surface area contributed by atoms with Crippen molar-refractivity contribution in [3.63, 3.8) is 0 Å². The van der Waals surface area contributed by atoms with Gasteiger partial charge in [0.05, 0.1) is 13.7 Å². The van der Waals surface area contributed by atoms with Gasteiger partial charge in [0.25, 0.3) is 0 Å². The maximum absolute atomic E-state index is 11.6. The molecule has 0 aromatic carbocycles. The van der Waals surface area contributed by atoms with Crippen LogP contribution in [0.4, 0.5) is 8.78 Å². The lowest BCUT2D eigenvalue weighted by Crippen LogP contribution is -2.21. The van der Waals surface area contributed by atoms with Gasteiger partial charge >= 0.3 is 6.29 Å². The van der Waals surface area contributed by atoms with E-state index in [0.717, 1.165) is 0 Å². The molecule has 0 amide bonds. The fourth-order valence-corrected chi connectivity index (χ4v) is 0.210. The molecule has 0 bridgehead atoms. The summed E-state index contributed by atoms with van der Waals surface area (Å²) in [5.41, 5.74) is 0. The largest absolute Gasteiger partial charge is 0.485 e. The highest BCUT2D eigenvalue weighted by molar-refractivity contribution is 4.28. The molecule has 0 heterocycles. The minimum Gasteiger partial charge on any atom is -0.296 e. The van der Waals surface area contributed by atoms with E-state index in [2.05, 4.69) is 16.6 Å². The first kappa shape index (κ1) is 7.78. The van der Waals surface area contributed by atoms with Gasteiger partial charge in [-0.15, -0.1) is 8.78 Å². The van der Waals surface area contributed by atoms with E-state index in [1.807, 2.05) is 0 Å². The maximum atomic E-state index is 11.6. The van der Waals surface area contributed by atoms with Crippen molar-refractivity contribution in [3.05, 3.63) is 7.11 Å². The van der Waals surface area contributed by atoms with E-state index in [9.17, 15) is 8.78 Å². The molecule has 0 aliphatic heterocycles. The summed E-state index contributed by atoms with van der Waals surface area (Å²) in [5.74, 6) is 0. The van der Waals surface area contributed by atoms with Crippen LogP contribution in [0.1, 0.15) is 6.92 Å². The molecule has 0 aromatic rings. The lowest BCUT2D eigenvalue weighted by molar-refractivity contribution is -0.372. The lowest BCUT2D eigenvalue weighted by atomic mass is 10.9. The molecule has 8 heavy (non-hydrogen) atoms. The molecular weight excluding hydrogens is 118 g/mol. The minimum atomic E-state index is -3.52. The third-order valence-corrected chi connectivity index (χ3v) is 0.480. The molecule has 1 radical (unpaired) electrons. The standard InChI is InChI=1S/C4H7F2O2/c1-3-8-4(5,6)7-2/h2-3H2,1H3. The van der Waals surface area contributed by atoms with Crippen molar-refractivity contribution in [1.29, 1.82) is 0 Å². The Balaban J connectivity index is 3.37. The second-order valence-electron chi connectivity index (χ2n) is 1.04. The molecule has 0 saturated heterocycles. The van der Waals surface area contributed by atoms with Crippen LogP contribution in [-0.4, -0.2) is 12.9 Å². The van der Waals surface area contributed by atoms with Crippen molar-refractivity contribution in [2.45, 2.75) is 13.2 Å². The van der Waals surface area contributed by atoms with Crippen molar-refractivity contribution in [2.75, 3.05) is 6.61 Å². The SMILES string of the molecule is [CH2]OC(F)(F)OCC. The number of halogens is 2. The Bertz CT molecular complexity index is 65.1. The summed E-state index contributed by atoms with van der Waals surface area (Å²) in [7, 11) is 2.50. The lowest BCUT2D eigenvalue weighted by Gasteiger charge is -2.10. The summed E-state index contributed by atoms with van der Waals surface area (Å²) < 4.78 is 30.4. The third-order valence-electron chi connectivity index (χ3n) is 0.480. The molecule has 0 unspecified atom stereocenters. The van der Waals surface area contributed by atoms with E-state index in [1.165, 1.54) is 6.92 Å². The molecule has 0 N–H and O–H groups in total. The van der Waals surface area contributed by atoms with Crippen LogP contribution >= 0.6 is 0 Å². The highest BCUT2D eigenvalue weighted by atomic mass is 19.3. The van der Waals surface area contributed by atoms with Crippen molar-refractivity contribution >= 4 is 0 Å². The Morgan fingerprint density at radius 2 is 2.12 bits per heavy atom. The van der Waals surface area contributed by atoms with Crippen LogP contribution in [0, 0.1) is 7.11 Å². The van der Waals surface area contributed by atoms with Crippen LogP contribution in [0.5, 0.6) is 0 Å². The molecule has 0 aliphatic carbocycles. The van der Waals surface area contributed by atoms with Gasteiger partial charge in [-0.3, -0.25) is 9.47 Å². The molecule has 0 saturated carbocycles. The number of hydrogen-bond acceptors (Lipinski definition) is 2. The minimum absolute atomic E-state index is 0.0947. The molecule has 0 spiro atoms. The molecule has 2 nitrogen and oxygen atoms in total. The normalized spacial score (nSPS) is 12.0. The van der Waals surface area contributed by atoms with Crippen LogP contribution < -0.4 is 0 Å². The first-order chi connectivity index (χ1) is 3.62. The second-order valence-corrected chi connectivity index (χ2v) is 1.04. The Hall–Kier alpha value is -0.220. The van der Waals surface area contributed by atoms with Gasteiger partial charge < -0.3 is 0 Å². The topological polar surface area (TPSA) is 18.5 Å². The van der Waals surface area contributed by atoms with E-state index < -0.39 is 6.29 Å². The fourth-order valence-electron chi connectivity index (χ4n) is 0.210. The predicted molar refractivity (Wildman–Crippen MR) is 23.0 cm³/mol. The van der Waals surface area contributed by atoms with Crippen LogP contribution in [0.2, 0.25) is 0 Å². The monoisotopic (exact) mass is 125 g/mol. The zero-order valence-electron chi connectivity index (χ0n) is 4.49. The molecule has 49 valence electrons. The van der Waals surface area contributed by atoms with Gasteiger partial charge in [0.2, 0.25) is 0 Å². The summed E-state index contributed by atoms with van der Waals surface area (Å²) in [6, 6.07) is 0. The fraction of sp³-hybridized carbons (Fsp3) is 0.750. The molecule has 0 rings (SSSR count). The average Bonchev–Trinajstić information content (AvgIpc) is 1.67. The van der Waals surface area contributed by atoms with Crippen molar-refractivity contribution in [1.82, 2.24) is 0 Å². The second kappa shape index (κ2) is 2.94. The first-order valence-electron chi connectivity index (χ1n) is 2.07. The van der Waals surface area contributed by atoms with E-state index in [0.29, 0.717) is 0 Å². The van der Waals surface area contributed by atoms with Gasteiger partial charge in [-0.25, -0.2) is 0 Å². The summed E-state index contributed by atoms with van der Waals surface area (Å²) in [5, 5.41) is 0. The van der Waals surface area contributed by atoms with Gasteiger partial charge in [-0.1, -0.05) is 0 Å². The van der Waals surface area contributed by atoms with Gasteiger partial charge in [-0.05, 0) is 6.92 Å². The third kappa shape index (κ3) is 2.87. The van der Waals surface area contributed by atoms with Crippen molar-refractivity contribution < 1.29 is 18.3 Å². The average molecular weight is 125 g/mol. The van der Waals surface area contributed by atoms with E-state index in [1.54, 1.807) is 0 Å². The van der Waals surface area contributed by atoms with E-state index >= 15 is 0 Å². The van der Waals surface area contributed by atoms with Gasteiger partial charge in [0, 0.05) is 0 Å². The molecule has 0 fully saturated rings. The zero-order chi connectivity index (χ0) is 6.62. The summed E-state index contributed by atoms with van der Waals surface area (Å²) in [6.07, 6.45) is -3.52. The zero-order valence-corrected chi connectivity index (χ0v) is 4.49. The Morgan fingerprint density at radius 3 is 2.25 bits per heavy atom. The van der Waals surface area contributed by atoms with E-state index in [4.69, 9.17) is 0 Å². The smallest absolute Gasteiger partial charge is 0.296 e. The number of hydrogen-bond donors (Lipinski definition) is 0. The number of rotatable bonds is 3. The molecule has 0 aliphatic rings. The van der Waals surface area contributed by atoms with Crippen LogP contribution in [0.25, 0.3) is 0 Å². The number of ether oxygens (including phenoxy) is 2. The highest BCUT2D eigenvalue weighted by Crippen LogP contribution is 2.14. The number of alkyl halides is 2. The van der Waals surface area contributed by atoms with Crippen LogP contribution in [0.15, 0.2) is 0 Å². The molecule has 4 heteroatoms. The summed E-state index contributed by atoms with van der Waals surface area (Å²) >= 11 is 0. The maximum Gasteiger partial charge on any atom is 0.485 e. The Morgan fingerprint density at radius 1 is 1.62 bits per heavy atom. The van der Waals surface area contributed by atoms with E-state index in [-0.39, 0.29) is 6.61 Å².